The Morgan fingerprint density at radius 3 is 2.26 bits per heavy atom. The minimum atomic E-state index is -4.93. The number of nitrogens with zero attached hydrogens (tertiary/aromatic N) is 2. The Balaban J connectivity index is 1.41. The number of hydrogen-bond acceptors (Lipinski definition) is 6. The molecule has 1 heterocycles. The smallest absolute Gasteiger partial charge is 0.417 e. The van der Waals surface area contributed by atoms with E-state index in [-0.39, 0.29) is 23.6 Å². The van der Waals surface area contributed by atoms with Crippen LogP contribution in [0.15, 0.2) is 108 Å². The van der Waals surface area contributed by atoms with Crippen molar-refractivity contribution in [2.45, 2.75) is 39.0 Å². The van der Waals surface area contributed by atoms with Gasteiger partial charge in [-0.15, -0.1) is 0 Å². The van der Waals surface area contributed by atoms with Gasteiger partial charge in [0.2, 0.25) is 0 Å². The highest BCUT2D eigenvalue weighted by atomic mass is 19.4. The number of carbonyl (C=O) groups is 2. The number of carbonyl (C=O) groups excluding carboxylic acids is 2. The second-order valence-electron chi connectivity index (χ2n) is 11.6. The lowest BCUT2D eigenvalue weighted by molar-refractivity contribution is -0.143. The summed E-state index contributed by atoms with van der Waals surface area (Å²) in [6.45, 7) is 3.91. The van der Waals surface area contributed by atoms with Crippen molar-refractivity contribution in [1.82, 2.24) is 9.88 Å². The summed E-state index contributed by atoms with van der Waals surface area (Å²) < 4.78 is 54.1. The normalized spacial score (nSPS) is 11.7. The van der Waals surface area contributed by atoms with Gasteiger partial charge in [-0.2, -0.15) is 18.4 Å². The summed E-state index contributed by atoms with van der Waals surface area (Å²) in [5.74, 6) is -0.609. The van der Waals surface area contributed by atoms with Gasteiger partial charge in [-0.1, -0.05) is 60.2 Å². The number of aryl methyl sites for hydroxylation is 3. The molecular formula is C39H32F3N3O5. The molecule has 8 nitrogen and oxygen atoms in total. The number of amides is 1. The molecule has 0 aliphatic heterocycles. The molecule has 11 heteroatoms. The molecule has 0 saturated carbocycles. The topological polar surface area (TPSA) is 110 Å². The molecular weight excluding hydrogens is 647 g/mol. The third-order valence-corrected chi connectivity index (χ3v) is 8.15. The Hall–Kier alpha value is -6.15. The van der Waals surface area contributed by atoms with E-state index in [1.807, 2.05) is 32.0 Å². The summed E-state index contributed by atoms with van der Waals surface area (Å²) in [7, 11) is 1.23. The van der Waals surface area contributed by atoms with E-state index in [9.17, 15) is 32.8 Å². The first-order chi connectivity index (χ1) is 23.9. The minimum Gasteiger partial charge on any atom is -0.467 e. The number of halogens is 3. The average Bonchev–Trinajstić information content (AvgIpc) is 3.10. The molecule has 0 aliphatic rings. The van der Waals surface area contributed by atoms with Crippen LogP contribution in [0.25, 0.3) is 11.3 Å². The number of pyridine rings is 1. The Labute approximate surface area is 286 Å². The van der Waals surface area contributed by atoms with Gasteiger partial charge in [0.05, 0.1) is 18.4 Å². The zero-order chi connectivity index (χ0) is 36.0. The molecule has 0 spiro atoms. The highest BCUT2D eigenvalue weighted by molar-refractivity contribution is 5.97. The number of nitrogens with one attached hydrogen (secondary N) is 1. The van der Waals surface area contributed by atoms with Gasteiger partial charge in [0.25, 0.3) is 11.5 Å². The van der Waals surface area contributed by atoms with Crippen LogP contribution >= 0.6 is 0 Å². The minimum absolute atomic E-state index is 0.00474. The van der Waals surface area contributed by atoms with E-state index in [1.165, 1.54) is 48.1 Å². The molecule has 4 aromatic carbocycles. The number of hydrogen-bond donors (Lipinski definition) is 1. The number of rotatable bonds is 10. The quantitative estimate of drug-likeness (QED) is 0.152. The molecule has 0 saturated heterocycles. The van der Waals surface area contributed by atoms with Crippen molar-refractivity contribution in [3.05, 3.63) is 152 Å². The Morgan fingerprint density at radius 2 is 1.62 bits per heavy atom. The Kier molecular flexibility index (Phi) is 10.5. The van der Waals surface area contributed by atoms with Crippen LogP contribution in [-0.4, -0.2) is 23.6 Å². The predicted molar refractivity (Wildman–Crippen MR) is 181 cm³/mol. The van der Waals surface area contributed by atoms with Crippen molar-refractivity contribution in [2.24, 2.45) is 0 Å². The zero-order valence-electron chi connectivity index (χ0n) is 27.4. The van der Waals surface area contributed by atoms with Crippen LogP contribution in [0, 0.1) is 25.2 Å². The summed E-state index contributed by atoms with van der Waals surface area (Å²) in [6.07, 6.45) is -4.57. The molecule has 1 atom stereocenters. The van der Waals surface area contributed by atoms with E-state index in [1.54, 1.807) is 48.5 Å². The van der Waals surface area contributed by atoms with E-state index in [0.717, 1.165) is 22.8 Å². The van der Waals surface area contributed by atoms with Gasteiger partial charge >= 0.3 is 12.1 Å². The molecule has 0 unspecified atom stereocenters. The van der Waals surface area contributed by atoms with E-state index in [4.69, 9.17) is 9.47 Å². The predicted octanol–water partition coefficient (Wildman–Crippen LogP) is 7.70. The highest BCUT2D eigenvalue weighted by Gasteiger charge is 2.36. The van der Waals surface area contributed by atoms with E-state index < -0.39 is 40.8 Å². The maximum atomic E-state index is 14.0. The number of benzene rings is 4. The van der Waals surface area contributed by atoms with Gasteiger partial charge in [-0.25, -0.2) is 4.79 Å². The second-order valence-corrected chi connectivity index (χ2v) is 11.6. The van der Waals surface area contributed by atoms with Crippen molar-refractivity contribution >= 4 is 11.9 Å². The van der Waals surface area contributed by atoms with Crippen molar-refractivity contribution in [1.29, 1.82) is 5.26 Å². The standard InChI is InChI=1S/C39H32F3N3O5/c1-24-12-13-26(25(2)20-24)18-19-45-34(22-33(39(40,41)42)32(23-43)37(45)47)27-14-16-30(17-15-27)50-31-11-7-10-29(21-31)36(46)44-35(38(48)49-3)28-8-5-4-6-9-28/h4-17,20-22,35H,18-19H2,1-3H3,(H,44,46)/t35-/m1/s1. The lowest BCUT2D eigenvalue weighted by atomic mass is 10.0. The number of nitriles is 1. The fourth-order valence-corrected chi connectivity index (χ4v) is 5.58. The first-order valence-electron chi connectivity index (χ1n) is 15.5. The number of methoxy groups -OCH3 is 1. The van der Waals surface area contributed by atoms with Gasteiger partial charge in [0.15, 0.2) is 6.04 Å². The van der Waals surface area contributed by atoms with Crippen LogP contribution in [0.4, 0.5) is 13.2 Å². The first-order valence-corrected chi connectivity index (χ1v) is 15.5. The maximum absolute atomic E-state index is 14.0. The van der Waals surface area contributed by atoms with Crippen LogP contribution in [0.2, 0.25) is 0 Å². The maximum Gasteiger partial charge on any atom is 0.417 e. The van der Waals surface area contributed by atoms with Gasteiger partial charge in [-0.3, -0.25) is 9.59 Å². The van der Waals surface area contributed by atoms with Crippen molar-refractivity contribution < 1.29 is 32.2 Å². The van der Waals surface area contributed by atoms with E-state index in [2.05, 4.69) is 5.32 Å². The molecule has 0 bridgehead atoms. The summed E-state index contributed by atoms with van der Waals surface area (Å²) >= 11 is 0. The zero-order valence-corrected chi connectivity index (χ0v) is 27.4. The van der Waals surface area contributed by atoms with E-state index in [0.29, 0.717) is 23.3 Å². The van der Waals surface area contributed by atoms with Crippen LogP contribution in [0.3, 0.4) is 0 Å². The summed E-state index contributed by atoms with van der Waals surface area (Å²) in [5, 5.41) is 12.2. The molecule has 1 amide bonds. The first kappa shape index (κ1) is 35.2. The van der Waals surface area contributed by atoms with Crippen LogP contribution in [0.5, 0.6) is 11.5 Å². The third-order valence-electron chi connectivity index (χ3n) is 8.15. The molecule has 50 heavy (non-hydrogen) atoms. The number of ether oxygens (including phenoxy) is 2. The van der Waals surface area contributed by atoms with Crippen LogP contribution in [0.1, 0.15) is 49.8 Å². The van der Waals surface area contributed by atoms with E-state index >= 15 is 0 Å². The molecule has 5 rings (SSSR count). The van der Waals surface area contributed by atoms with Gasteiger partial charge < -0.3 is 19.4 Å². The average molecular weight is 680 g/mol. The van der Waals surface area contributed by atoms with Crippen molar-refractivity contribution in [2.75, 3.05) is 7.11 Å². The monoisotopic (exact) mass is 679 g/mol. The Bertz CT molecular complexity index is 2140. The van der Waals surface area contributed by atoms with Crippen molar-refractivity contribution in [3.63, 3.8) is 0 Å². The molecule has 0 aliphatic carbocycles. The molecule has 1 N–H and O–H groups in total. The van der Waals surface area contributed by atoms with Gasteiger partial charge in [-0.05, 0) is 91.1 Å². The molecule has 0 radical (unpaired) electrons. The molecule has 0 fully saturated rings. The number of alkyl halides is 3. The summed E-state index contributed by atoms with van der Waals surface area (Å²) in [4.78, 5) is 38.9. The van der Waals surface area contributed by atoms with Crippen molar-refractivity contribution in [3.8, 4) is 28.8 Å². The number of esters is 1. The third kappa shape index (κ3) is 7.93. The van der Waals surface area contributed by atoms with Crippen LogP contribution in [-0.2, 0) is 28.7 Å². The fraction of sp³-hybridized carbons (Fsp3) is 0.179. The number of aromatic nitrogens is 1. The van der Waals surface area contributed by atoms with Crippen LogP contribution < -0.4 is 15.6 Å². The molecule has 1 aromatic heterocycles. The summed E-state index contributed by atoms with van der Waals surface area (Å²) in [6, 6.07) is 28.0. The lowest BCUT2D eigenvalue weighted by Crippen LogP contribution is -2.34. The lowest BCUT2D eigenvalue weighted by Gasteiger charge is -2.18. The van der Waals surface area contributed by atoms with Gasteiger partial charge in [0.1, 0.15) is 23.1 Å². The molecule has 254 valence electrons. The fourth-order valence-electron chi connectivity index (χ4n) is 5.58. The highest BCUT2D eigenvalue weighted by Crippen LogP contribution is 2.34. The second kappa shape index (κ2) is 15.0. The Morgan fingerprint density at radius 1 is 0.900 bits per heavy atom. The van der Waals surface area contributed by atoms with Gasteiger partial charge in [0, 0.05) is 12.1 Å². The summed E-state index contributed by atoms with van der Waals surface area (Å²) in [5.41, 5.74) is 0.698. The largest absolute Gasteiger partial charge is 0.467 e. The molecule has 5 aromatic rings. The SMILES string of the molecule is COC(=O)[C@H](NC(=O)c1cccc(Oc2ccc(-c3cc(C(F)(F)F)c(C#N)c(=O)n3CCc3ccc(C)cc3C)cc2)c1)c1ccccc1.